The first-order valence-corrected chi connectivity index (χ1v) is 5.73. The van der Waals surface area contributed by atoms with Crippen molar-refractivity contribution in [2.45, 2.75) is 25.8 Å². The minimum atomic E-state index is 0.362. The Kier molecular flexibility index (Phi) is 6.32. The van der Waals surface area contributed by atoms with Crippen LogP contribution in [0.5, 0.6) is 0 Å². The summed E-state index contributed by atoms with van der Waals surface area (Å²) in [5.74, 6) is 5.86. The Bertz CT molecular complexity index is 335. The highest BCUT2D eigenvalue weighted by Gasteiger charge is 2.04. The topological polar surface area (TPSA) is 38.0 Å². The second-order valence-corrected chi connectivity index (χ2v) is 3.76. The quantitative estimate of drug-likeness (QED) is 0.708. The van der Waals surface area contributed by atoms with E-state index in [0.717, 1.165) is 19.4 Å². The molecule has 0 heterocycles. The smallest absolute Gasteiger partial charge is 0.0578 e. The molecule has 1 unspecified atom stereocenters. The number of hydrogen-bond donors (Lipinski definition) is 2. The van der Waals surface area contributed by atoms with Gasteiger partial charge in [0.05, 0.1) is 6.54 Å². The van der Waals surface area contributed by atoms with Gasteiger partial charge in [0.25, 0.3) is 0 Å². The van der Waals surface area contributed by atoms with E-state index in [9.17, 15) is 0 Å². The van der Waals surface area contributed by atoms with Gasteiger partial charge < -0.3 is 11.1 Å². The van der Waals surface area contributed by atoms with Crippen molar-refractivity contribution in [1.82, 2.24) is 5.32 Å². The van der Waals surface area contributed by atoms with Crippen molar-refractivity contribution >= 4 is 0 Å². The highest BCUT2D eigenvalue weighted by Crippen LogP contribution is 2.04. The normalized spacial score (nSPS) is 11.6. The van der Waals surface area contributed by atoms with Crippen LogP contribution < -0.4 is 11.1 Å². The Morgan fingerprint density at radius 2 is 2.06 bits per heavy atom. The summed E-state index contributed by atoms with van der Waals surface area (Å²) in [6, 6.07) is 10.9. The van der Waals surface area contributed by atoms with Crippen LogP contribution in [0.4, 0.5) is 0 Å². The molecular formula is C14H20N2. The van der Waals surface area contributed by atoms with Gasteiger partial charge in [-0.2, -0.15) is 0 Å². The molecule has 0 fully saturated rings. The standard InChI is InChI=1S/C14H20N2/c1-2-3-11-16-14(12-15)10-9-13-7-5-4-6-8-13/h4-8,14,16H,9-12,15H2,1H3. The summed E-state index contributed by atoms with van der Waals surface area (Å²) in [5, 5.41) is 3.34. The van der Waals surface area contributed by atoms with Gasteiger partial charge in [-0.1, -0.05) is 36.3 Å². The number of nitrogens with one attached hydrogen (secondary N) is 1. The van der Waals surface area contributed by atoms with Crippen molar-refractivity contribution < 1.29 is 0 Å². The van der Waals surface area contributed by atoms with Gasteiger partial charge in [-0.15, -0.1) is 5.92 Å². The molecule has 0 radical (unpaired) electrons. The molecule has 1 aromatic carbocycles. The molecule has 0 bridgehead atoms. The molecular weight excluding hydrogens is 196 g/mol. The summed E-state index contributed by atoms with van der Waals surface area (Å²) >= 11 is 0. The second kappa shape index (κ2) is 7.92. The number of nitrogens with two attached hydrogens (primary N) is 1. The molecule has 0 aromatic heterocycles. The lowest BCUT2D eigenvalue weighted by Crippen LogP contribution is -2.36. The lowest BCUT2D eigenvalue weighted by atomic mass is 10.1. The molecule has 86 valence electrons. The van der Waals surface area contributed by atoms with E-state index in [2.05, 4.69) is 41.4 Å². The third kappa shape index (κ3) is 4.97. The summed E-state index contributed by atoms with van der Waals surface area (Å²) in [7, 11) is 0. The predicted octanol–water partition coefficient (Wildman–Crippen LogP) is 1.56. The minimum absolute atomic E-state index is 0.362. The largest absolute Gasteiger partial charge is 0.329 e. The molecule has 16 heavy (non-hydrogen) atoms. The van der Waals surface area contributed by atoms with Crippen LogP contribution in [0.25, 0.3) is 0 Å². The maximum Gasteiger partial charge on any atom is 0.0578 e. The molecule has 0 aliphatic rings. The Morgan fingerprint density at radius 1 is 1.31 bits per heavy atom. The van der Waals surface area contributed by atoms with Crippen molar-refractivity contribution in [3.05, 3.63) is 35.9 Å². The van der Waals surface area contributed by atoms with Gasteiger partial charge in [-0.05, 0) is 25.3 Å². The van der Waals surface area contributed by atoms with Crippen LogP contribution in [0.3, 0.4) is 0 Å². The van der Waals surface area contributed by atoms with Gasteiger partial charge in [0.2, 0.25) is 0 Å². The Labute approximate surface area is 98.2 Å². The van der Waals surface area contributed by atoms with Crippen LogP contribution in [-0.4, -0.2) is 19.1 Å². The summed E-state index contributed by atoms with van der Waals surface area (Å²) in [4.78, 5) is 0. The van der Waals surface area contributed by atoms with Crippen LogP contribution in [-0.2, 0) is 6.42 Å². The van der Waals surface area contributed by atoms with E-state index in [1.165, 1.54) is 5.56 Å². The van der Waals surface area contributed by atoms with Crippen molar-refractivity contribution in [1.29, 1.82) is 0 Å². The number of rotatable bonds is 6. The van der Waals surface area contributed by atoms with Gasteiger partial charge in [0, 0.05) is 12.6 Å². The SMILES string of the molecule is CC#CCNC(CN)CCc1ccccc1. The maximum absolute atomic E-state index is 5.71. The molecule has 0 saturated carbocycles. The van der Waals surface area contributed by atoms with Crippen LogP contribution in [0.1, 0.15) is 18.9 Å². The molecule has 1 atom stereocenters. The molecule has 0 saturated heterocycles. The zero-order valence-corrected chi connectivity index (χ0v) is 9.87. The highest BCUT2D eigenvalue weighted by molar-refractivity contribution is 5.14. The monoisotopic (exact) mass is 216 g/mol. The van der Waals surface area contributed by atoms with Crippen LogP contribution >= 0.6 is 0 Å². The third-order valence-electron chi connectivity index (χ3n) is 2.56. The number of aryl methyl sites for hydroxylation is 1. The summed E-state index contributed by atoms with van der Waals surface area (Å²) in [6.45, 7) is 3.24. The fourth-order valence-corrected chi connectivity index (χ4v) is 1.57. The molecule has 1 rings (SSSR count). The molecule has 2 nitrogen and oxygen atoms in total. The maximum atomic E-state index is 5.71. The molecule has 3 N–H and O–H groups in total. The summed E-state index contributed by atoms with van der Waals surface area (Å²) < 4.78 is 0. The zero-order valence-electron chi connectivity index (χ0n) is 9.87. The van der Waals surface area contributed by atoms with E-state index >= 15 is 0 Å². The summed E-state index contributed by atoms with van der Waals surface area (Å²) in [5.41, 5.74) is 7.07. The highest BCUT2D eigenvalue weighted by atomic mass is 14.9. The molecule has 1 aromatic rings. The Morgan fingerprint density at radius 3 is 2.69 bits per heavy atom. The van der Waals surface area contributed by atoms with Gasteiger partial charge in [0.15, 0.2) is 0 Å². The molecule has 0 aliphatic heterocycles. The molecule has 0 spiro atoms. The van der Waals surface area contributed by atoms with E-state index < -0.39 is 0 Å². The first kappa shape index (κ1) is 12.8. The second-order valence-electron chi connectivity index (χ2n) is 3.76. The fourth-order valence-electron chi connectivity index (χ4n) is 1.57. The van der Waals surface area contributed by atoms with Crippen molar-refractivity contribution in [2.24, 2.45) is 5.73 Å². The van der Waals surface area contributed by atoms with E-state index in [4.69, 9.17) is 5.73 Å². The van der Waals surface area contributed by atoms with E-state index in [-0.39, 0.29) is 0 Å². The minimum Gasteiger partial charge on any atom is -0.329 e. The van der Waals surface area contributed by atoms with Crippen molar-refractivity contribution in [3.8, 4) is 11.8 Å². The van der Waals surface area contributed by atoms with E-state index in [1.54, 1.807) is 0 Å². The first-order chi connectivity index (χ1) is 7.86. The van der Waals surface area contributed by atoms with E-state index in [0.29, 0.717) is 12.6 Å². The van der Waals surface area contributed by atoms with Crippen LogP contribution in [0.15, 0.2) is 30.3 Å². The van der Waals surface area contributed by atoms with Gasteiger partial charge in [-0.3, -0.25) is 0 Å². The van der Waals surface area contributed by atoms with Crippen molar-refractivity contribution in [3.63, 3.8) is 0 Å². The lowest BCUT2D eigenvalue weighted by molar-refractivity contribution is 0.515. The van der Waals surface area contributed by atoms with Gasteiger partial charge in [0.1, 0.15) is 0 Å². The zero-order chi connectivity index (χ0) is 11.6. The summed E-state index contributed by atoms with van der Waals surface area (Å²) in [6.07, 6.45) is 2.13. The Hall–Kier alpha value is -1.30. The predicted molar refractivity (Wildman–Crippen MR) is 69.1 cm³/mol. The average Bonchev–Trinajstić information content (AvgIpc) is 2.35. The third-order valence-corrected chi connectivity index (χ3v) is 2.56. The van der Waals surface area contributed by atoms with Crippen LogP contribution in [0, 0.1) is 11.8 Å². The number of benzene rings is 1. The molecule has 2 heteroatoms. The van der Waals surface area contributed by atoms with E-state index in [1.807, 2.05) is 13.0 Å². The average molecular weight is 216 g/mol. The number of hydrogen-bond acceptors (Lipinski definition) is 2. The molecule has 0 aliphatic carbocycles. The van der Waals surface area contributed by atoms with Gasteiger partial charge >= 0.3 is 0 Å². The first-order valence-electron chi connectivity index (χ1n) is 5.73. The molecule has 0 amide bonds. The Balaban J connectivity index is 2.30. The van der Waals surface area contributed by atoms with Gasteiger partial charge in [-0.25, -0.2) is 0 Å². The lowest BCUT2D eigenvalue weighted by Gasteiger charge is -2.14. The van der Waals surface area contributed by atoms with Crippen molar-refractivity contribution in [2.75, 3.05) is 13.1 Å². The fraction of sp³-hybridized carbons (Fsp3) is 0.429. The van der Waals surface area contributed by atoms with Crippen LogP contribution in [0.2, 0.25) is 0 Å².